The largest absolute Gasteiger partial charge is 0.377 e. The van der Waals surface area contributed by atoms with Crippen molar-refractivity contribution in [1.29, 1.82) is 5.26 Å². The van der Waals surface area contributed by atoms with Gasteiger partial charge in [0.15, 0.2) is 0 Å². The van der Waals surface area contributed by atoms with Gasteiger partial charge in [0.1, 0.15) is 0 Å². The normalized spacial score (nSPS) is 10.2. The molecular weight excluding hydrogens is 212 g/mol. The molecule has 0 fully saturated rings. The van der Waals surface area contributed by atoms with Gasteiger partial charge in [-0.3, -0.25) is 0 Å². The highest BCUT2D eigenvalue weighted by molar-refractivity contribution is 5.45. The fraction of sp³-hybridized carbons (Fsp3) is 0.500. The van der Waals surface area contributed by atoms with Gasteiger partial charge in [-0.1, -0.05) is 18.2 Å². The maximum Gasteiger partial charge on any atom is 0.0645 e. The molecule has 0 aliphatic heterocycles. The van der Waals surface area contributed by atoms with E-state index in [1.165, 1.54) is 0 Å². The van der Waals surface area contributed by atoms with Gasteiger partial charge in [-0.25, -0.2) is 0 Å². The monoisotopic (exact) mass is 232 g/mol. The average molecular weight is 232 g/mol. The minimum atomic E-state index is 0.253. The molecule has 0 spiro atoms. The highest BCUT2D eigenvalue weighted by Gasteiger charge is 2.05. The van der Waals surface area contributed by atoms with Crippen LogP contribution in [-0.4, -0.2) is 25.8 Å². The third kappa shape index (κ3) is 5.37. The molecule has 1 rings (SSSR count). The lowest BCUT2D eigenvalue weighted by Crippen LogP contribution is -2.29. The molecule has 0 bridgehead atoms. The smallest absolute Gasteiger partial charge is 0.0645 e. The predicted molar refractivity (Wildman–Crippen MR) is 70.0 cm³/mol. The molecule has 0 aliphatic rings. The quantitative estimate of drug-likeness (QED) is 0.725. The van der Waals surface area contributed by atoms with E-state index in [2.05, 4.69) is 23.1 Å². The fourth-order valence-corrected chi connectivity index (χ4v) is 1.59. The second-order valence-electron chi connectivity index (χ2n) is 4.15. The molecule has 92 valence electrons. The van der Waals surface area contributed by atoms with Crippen LogP contribution in [0.4, 0.5) is 5.69 Å². The van der Waals surface area contributed by atoms with Crippen molar-refractivity contribution in [3.8, 4) is 6.07 Å². The lowest BCUT2D eigenvalue weighted by Gasteiger charge is -2.24. The number of nitrogens with zero attached hydrogens (tertiary/aromatic N) is 2. The Morgan fingerprint density at radius 2 is 1.94 bits per heavy atom. The van der Waals surface area contributed by atoms with Crippen LogP contribution in [0.5, 0.6) is 0 Å². The zero-order chi connectivity index (χ0) is 12.5. The van der Waals surface area contributed by atoms with Crippen molar-refractivity contribution in [1.82, 2.24) is 0 Å². The van der Waals surface area contributed by atoms with Crippen LogP contribution >= 0.6 is 0 Å². The Hall–Kier alpha value is -1.53. The molecule has 0 N–H and O–H groups in total. The van der Waals surface area contributed by atoms with E-state index in [4.69, 9.17) is 10.00 Å². The minimum absolute atomic E-state index is 0.253. The first kappa shape index (κ1) is 13.5. The van der Waals surface area contributed by atoms with E-state index >= 15 is 0 Å². The van der Waals surface area contributed by atoms with Crippen molar-refractivity contribution in [3.05, 3.63) is 30.3 Å². The molecule has 0 radical (unpaired) electrons. The van der Waals surface area contributed by atoms with Crippen LogP contribution in [0, 0.1) is 11.3 Å². The molecule has 0 heterocycles. The summed E-state index contributed by atoms with van der Waals surface area (Å²) in [5.74, 6) is 0. The van der Waals surface area contributed by atoms with Crippen molar-refractivity contribution in [3.63, 3.8) is 0 Å². The molecule has 1 aromatic carbocycles. The predicted octanol–water partition coefficient (Wildman–Crippen LogP) is 2.83. The highest BCUT2D eigenvalue weighted by Crippen LogP contribution is 2.13. The van der Waals surface area contributed by atoms with Crippen LogP contribution in [-0.2, 0) is 4.74 Å². The number of para-hydroxylation sites is 1. The summed E-state index contributed by atoms with van der Waals surface area (Å²) in [7, 11) is 0. The van der Waals surface area contributed by atoms with E-state index in [1.54, 1.807) is 0 Å². The Balaban J connectivity index is 2.52. The van der Waals surface area contributed by atoms with Gasteiger partial charge in [0, 0.05) is 18.8 Å². The third-order valence-corrected chi connectivity index (χ3v) is 2.43. The summed E-state index contributed by atoms with van der Waals surface area (Å²) in [5, 5.41) is 8.67. The number of rotatable bonds is 7. The summed E-state index contributed by atoms with van der Waals surface area (Å²) in [6, 6.07) is 12.3. The molecule has 3 nitrogen and oxygen atoms in total. The molecule has 1 aromatic rings. The molecule has 0 amide bonds. The molecule has 0 atom stereocenters. The van der Waals surface area contributed by atoms with Crippen LogP contribution in [0.15, 0.2) is 30.3 Å². The molecule has 17 heavy (non-hydrogen) atoms. The SMILES string of the molecule is CC(C)OCCN(CCC#N)c1ccccc1. The van der Waals surface area contributed by atoms with E-state index in [9.17, 15) is 0 Å². The van der Waals surface area contributed by atoms with E-state index in [0.29, 0.717) is 13.0 Å². The first-order valence-electron chi connectivity index (χ1n) is 6.02. The van der Waals surface area contributed by atoms with Crippen molar-refractivity contribution < 1.29 is 4.74 Å². The maximum atomic E-state index is 8.67. The first-order chi connectivity index (χ1) is 8.24. The second-order valence-corrected chi connectivity index (χ2v) is 4.15. The Bertz CT molecular complexity index is 343. The molecule has 0 saturated heterocycles. The molecule has 3 heteroatoms. The van der Waals surface area contributed by atoms with Gasteiger partial charge >= 0.3 is 0 Å². The molecule has 0 unspecified atom stereocenters. The summed E-state index contributed by atoms with van der Waals surface area (Å²) in [6.45, 7) is 6.33. The molecule has 0 aromatic heterocycles. The van der Waals surface area contributed by atoms with Crippen LogP contribution in [0.3, 0.4) is 0 Å². The number of ether oxygens (including phenoxy) is 1. The van der Waals surface area contributed by atoms with Gasteiger partial charge in [-0.05, 0) is 26.0 Å². The van der Waals surface area contributed by atoms with Gasteiger partial charge in [0.25, 0.3) is 0 Å². The summed E-state index contributed by atoms with van der Waals surface area (Å²) >= 11 is 0. The zero-order valence-corrected chi connectivity index (χ0v) is 10.6. The summed E-state index contributed by atoms with van der Waals surface area (Å²) in [5.41, 5.74) is 1.15. The van der Waals surface area contributed by atoms with E-state index in [-0.39, 0.29) is 6.10 Å². The Morgan fingerprint density at radius 3 is 2.53 bits per heavy atom. The number of benzene rings is 1. The van der Waals surface area contributed by atoms with Gasteiger partial charge < -0.3 is 9.64 Å². The third-order valence-electron chi connectivity index (χ3n) is 2.43. The first-order valence-corrected chi connectivity index (χ1v) is 6.02. The highest BCUT2D eigenvalue weighted by atomic mass is 16.5. The Morgan fingerprint density at radius 1 is 1.24 bits per heavy atom. The van der Waals surface area contributed by atoms with E-state index in [1.807, 2.05) is 32.0 Å². The Labute approximate surface area is 104 Å². The van der Waals surface area contributed by atoms with Crippen molar-refractivity contribution in [2.45, 2.75) is 26.4 Å². The van der Waals surface area contributed by atoms with Gasteiger partial charge in [-0.15, -0.1) is 0 Å². The molecule has 0 aliphatic carbocycles. The second kappa shape index (κ2) is 7.70. The topological polar surface area (TPSA) is 36.3 Å². The van der Waals surface area contributed by atoms with Crippen molar-refractivity contribution in [2.75, 3.05) is 24.6 Å². The average Bonchev–Trinajstić information content (AvgIpc) is 2.34. The summed E-state index contributed by atoms with van der Waals surface area (Å²) in [4.78, 5) is 2.19. The van der Waals surface area contributed by atoms with Crippen LogP contribution < -0.4 is 4.90 Å². The molecular formula is C14H20N2O. The van der Waals surface area contributed by atoms with Crippen molar-refractivity contribution >= 4 is 5.69 Å². The zero-order valence-electron chi connectivity index (χ0n) is 10.6. The fourth-order valence-electron chi connectivity index (χ4n) is 1.59. The maximum absolute atomic E-state index is 8.67. The van der Waals surface area contributed by atoms with Crippen LogP contribution in [0.25, 0.3) is 0 Å². The lowest BCUT2D eigenvalue weighted by atomic mass is 10.2. The van der Waals surface area contributed by atoms with Crippen LogP contribution in [0.1, 0.15) is 20.3 Å². The van der Waals surface area contributed by atoms with Gasteiger partial charge in [0.05, 0.1) is 25.2 Å². The van der Waals surface area contributed by atoms with E-state index in [0.717, 1.165) is 18.8 Å². The standard InChI is InChI=1S/C14H20N2O/c1-13(2)17-12-11-16(10-6-9-15)14-7-4-3-5-8-14/h3-5,7-8,13H,6,10-12H2,1-2H3. The number of hydrogen-bond donors (Lipinski definition) is 0. The van der Waals surface area contributed by atoms with Gasteiger partial charge in [-0.2, -0.15) is 5.26 Å². The Kier molecular flexibility index (Phi) is 6.13. The van der Waals surface area contributed by atoms with Gasteiger partial charge in [0.2, 0.25) is 0 Å². The summed E-state index contributed by atoms with van der Waals surface area (Å²) in [6.07, 6.45) is 0.792. The van der Waals surface area contributed by atoms with Crippen molar-refractivity contribution in [2.24, 2.45) is 0 Å². The van der Waals surface area contributed by atoms with Crippen LogP contribution in [0.2, 0.25) is 0 Å². The number of nitriles is 1. The minimum Gasteiger partial charge on any atom is -0.377 e. The molecule has 0 saturated carbocycles. The number of hydrogen-bond acceptors (Lipinski definition) is 3. The number of anilines is 1. The summed E-state index contributed by atoms with van der Waals surface area (Å²) < 4.78 is 5.55. The van der Waals surface area contributed by atoms with E-state index < -0.39 is 0 Å². The lowest BCUT2D eigenvalue weighted by molar-refractivity contribution is 0.0841.